The largest absolute Gasteiger partial charge is 0.312 e. The van der Waals surface area contributed by atoms with Gasteiger partial charge in [-0.2, -0.15) is 0 Å². The van der Waals surface area contributed by atoms with Crippen LogP contribution in [0.15, 0.2) is 18.2 Å². The summed E-state index contributed by atoms with van der Waals surface area (Å²) in [6.07, 6.45) is 1.20. The molecule has 1 nitrogen and oxygen atoms in total. The van der Waals surface area contributed by atoms with E-state index in [-0.39, 0.29) is 0 Å². The normalized spacial score (nSPS) is 15.8. The smallest absolute Gasteiger partial charge is 0.0349 e. The van der Waals surface area contributed by atoms with Gasteiger partial charge in [-0.25, -0.2) is 0 Å². The van der Waals surface area contributed by atoms with Crippen molar-refractivity contribution in [1.29, 1.82) is 0 Å². The van der Waals surface area contributed by atoms with Gasteiger partial charge in [0, 0.05) is 22.7 Å². The Morgan fingerprint density at radius 1 is 1.36 bits per heavy atom. The zero-order valence-electron chi connectivity index (χ0n) is 8.26. The molecule has 0 unspecified atom stereocenters. The minimum Gasteiger partial charge on any atom is -0.312 e. The third-order valence-electron chi connectivity index (χ3n) is 2.86. The summed E-state index contributed by atoms with van der Waals surface area (Å²) < 4.78 is 1.45. The van der Waals surface area contributed by atoms with E-state index in [0.29, 0.717) is 0 Å². The van der Waals surface area contributed by atoms with Crippen molar-refractivity contribution in [1.82, 2.24) is 5.32 Å². The third-order valence-corrected chi connectivity index (χ3v) is 4.13. The van der Waals surface area contributed by atoms with Gasteiger partial charge in [0.25, 0.3) is 0 Å². The molecule has 2 heteroatoms. The highest BCUT2D eigenvalue weighted by Gasteiger charge is 2.14. The molecule has 0 atom stereocenters. The maximum Gasteiger partial charge on any atom is 0.0349 e. The van der Waals surface area contributed by atoms with E-state index in [1.807, 2.05) is 11.3 Å². The molecule has 2 aromatic rings. The van der Waals surface area contributed by atoms with E-state index in [4.69, 9.17) is 0 Å². The van der Waals surface area contributed by atoms with Gasteiger partial charge in [0.2, 0.25) is 0 Å². The van der Waals surface area contributed by atoms with Crippen LogP contribution in [0, 0.1) is 6.92 Å². The summed E-state index contributed by atoms with van der Waals surface area (Å²) >= 11 is 1.97. The number of thiophene rings is 1. The topological polar surface area (TPSA) is 12.0 Å². The summed E-state index contributed by atoms with van der Waals surface area (Å²) in [5.74, 6) is 0. The van der Waals surface area contributed by atoms with Crippen molar-refractivity contribution in [3.63, 3.8) is 0 Å². The Balaban J connectivity index is 2.32. The summed E-state index contributed by atoms with van der Waals surface area (Å²) in [7, 11) is 0. The number of fused-ring (bicyclic) bond motifs is 3. The monoisotopic (exact) mass is 203 g/mol. The summed E-state index contributed by atoms with van der Waals surface area (Å²) in [5.41, 5.74) is 2.91. The van der Waals surface area contributed by atoms with Gasteiger partial charge in [-0.3, -0.25) is 0 Å². The van der Waals surface area contributed by atoms with Crippen LogP contribution in [0.25, 0.3) is 10.1 Å². The molecule has 0 fully saturated rings. The average molecular weight is 203 g/mol. The Morgan fingerprint density at radius 2 is 2.29 bits per heavy atom. The van der Waals surface area contributed by atoms with Gasteiger partial charge in [0.1, 0.15) is 0 Å². The first-order valence-corrected chi connectivity index (χ1v) is 5.88. The van der Waals surface area contributed by atoms with Crippen LogP contribution in [0.5, 0.6) is 0 Å². The predicted molar refractivity (Wildman–Crippen MR) is 62.0 cm³/mol. The highest BCUT2D eigenvalue weighted by Crippen LogP contribution is 2.33. The van der Waals surface area contributed by atoms with Gasteiger partial charge < -0.3 is 5.32 Å². The zero-order valence-corrected chi connectivity index (χ0v) is 9.08. The van der Waals surface area contributed by atoms with Crippen LogP contribution in [0.2, 0.25) is 0 Å². The van der Waals surface area contributed by atoms with Crippen molar-refractivity contribution in [3.8, 4) is 0 Å². The molecular formula is C12H13NS. The number of rotatable bonds is 0. The van der Waals surface area contributed by atoms with E-state index in [0.717, 1.165) is 13.1 Å². The van der Waals surface area contributed by atoms with E-state index >= 15 is 0 Å². The number of hydrogen-bond acceptors (Lipinski definition) is 2. The summed E-state index contributed by atoms with van der Waals surface area (Å²) in [5, 5.41) is 4.91. The molecule has 1 aliphatic rings. The quantitative estimate of drug-likeness (QED) is 0.694. The van der Waals surface area contributed by atoms with E-state index in [9.17, 15) is 0 Å². The average Bonchev–Trinajstić information content (AvgIpc) is 2.56. The summed E-state index contributed by atoms with van der Waals surface area (Å²) in [6.45, 7) is 4.36. The molecule has 0 saturated carbocycles. The fourth-order valence-corrected chi connectivity index (χ4v) is 3.33. The first-order chi connectivity index (χ1) is 6.84. The van der Waals surface area contributed by atoms with Crippen molar-refractivity contribution >= 4 is 21.4 Å². The minimum absolute atomic E-state index is 1.05. The molecule has 0 aliphatic carbocycles. The Morgan fingerprint density at radius 3 is 3.21 bits per heavy atom. The summed E-state index contributed by atoms with van der Waals surface area (Å²) in [4.78, 5) is 1.59. The molecule has 1 N–H and O–H groups in total. The Kier molecular flexibility index (Phi) is 1.85. The first kappa shape index (κ1) is 8.45. The van der Waals surface area contributed by atoms with E-state index in [1.54, 1.807) is 10.4 Å². The fraction of sp³-hybridized carbons (Fsp3) is 0.333. The van der Waals surface area contributed by atoms with Crippen molar-refractivity contribution in [2.45, 2.75) is 19.9 Å². The van der Waals surface area contributed by atoms with E-state index < -0.39 is 0 Å². The Hall–Kier alpha value is -0.860. The van der Waals surface area contributed by atoms with Gasteiger partial charge in [-0.1, -0.05) is 17.7 Å². The third kappa shape index (κ3) is 1.18. The van der Waals surface area contributed by atoms with Gasteiger partial charge >= 0.3 is 0 Å². The lowest BCUT2D eigenvalue weighted by Gasteiger charge is -2.12. The zero-order chi connectivity index (χ0) is 9.54. The van der Waals surface area contributed by atoms with Gasteiger partial charge in [-0.15, -0.1) is 11.3 Å². The SMILES string of the molecule is Cc1ccc2sc3c(c2c1)CNCC3. The maximum absolute atomic E-state index is 3.45. The van der Waals surface area contributed by atoms with Crippen molar-refractivity contribution in [2.24, 2.45) is 0 Å². The molecule has 1 aromatic heterocycles. The number of aryl methyl sites for hydroxylation is 1. The van der Waals surface area contributed by atoms with Crippen molar-refractivity contribution < 1.29 is 0 Å². The van der Waals surface area contributed by atoms with Crippen LogP contribution >= 0.6 is 11.3 Å². The standard InChI is InChI=1S/C12H13NS/c1-8-2-3-11-9(6-8)10-7-13-5-4-12(10)14-11/h2-3,6,13H,4-5,7H2,1H3. The van der Waals surface area contributed by atoms with Crippen molar-refractivity contribution in [3.05, 3.63) is 34.2 Å². The molecule has 1 aliphatic heterocycles. The van der Waals surface area contributed by atoms with Crippen LogP contribution in [-0.4, -0.2) is 6.54 Å². The molecule has 14 heavy (non-hydrogen) atoms. The number of hydrogen-bond donors (Lipinski definition) is 1. The molecule has 0 bridgehead atoms. The molecule has 2 heterocycles. The number of benzene rings is 1. The molecule has 1 aromatic carbocycles. The molecular weight excluding hydrogens is 190 g/mol. The molecule has 0 saturated heterocycles. The van der Waals surface area contributed by atoms with Gasteiger partial charge in [-0.05, 0) is 30.4 Å². The molecule has 0 radical (unpaired) electrons. The Labute approximate surface area is 87.8 Å². The van der Waals surface area contributed by atoms with Crippen LogP contribution in [0.3, 0.4) is 0 Å². The minimum atomic E-state index is 1.05. The molecule has 0 spiro atoms. The molecule has 3 rings (SSSR count). The van der Waals surface area contributed by atoms with E-state index in [1.165, 1.54) is 22.1 Å². The second-order valence-electron chi connectivity index (χ2n) is 3.93. The fourth-order valence-electron chi connectivity index (χ4n) is 2.12. The predicted octanol–water partition coefficient (Wildman–Crippen LogP) is 2.86. The van der Waals surface area contributed by atoms with Gasteiger partial charge in [0.05, 0.1) is 0 Å². The maximum atomic E-state index is 3.45. The lowest BCUT2D eigenvalue weighted by atomic mass is 10.1. The lowest BCUT2D eigenvalue weighted by molar-refractivity contribution is 0.656. The lowest BCUT2D eigenvalue weighted by Crippen LogP contribution is -2.21. The van der Waals surface area contributed by atoms with Gasteiger partial charge in [0.15, 0.2) is 0 Å². The number of nitrogens with one attached hydrogen (secondary N) is 1. The van der Waals surface area contributed by atoms with Crippen LogP contribution in [0.4, 0.5) is 0 Å². The van der Waals surface area contributed by atoms with Crippen molar-refractivity contribution in [2.75, 3.05) is 6.54 Å². The molecule has 0 amide bonds. The first-order valence-electron chi connectivity index (χ1n) is 5.06. The second-order valence-corrected chi connectivity index (χ2v) is 5.07. The van der Waals surface area contributed by atoms with Crippen LogP contribution in [0.1, 0.15) is 16.0 Å². The highest BCUT2D eigenvalue weighted by molar-refractivity contribution is 7.19. The Bertz CT molecular complexity index is 484. The summed E-state index contributed by atoms with van der Waals surface area (Å²) in [6, 6.07) is 6.78. The van der Waals surface area contributed by atoms with Crippen LogP contribution in [-0.2, 0) is 13.0 Å². The second kappa shape index (κ2) is 3.07. The van der Waals surface area contributed by atoms with Crippen LogP contribution < -0.4 is 5.32 Å². The molecule has 72 valence electrons. The van der Waals surface area contributed by atoms with E-state index in [2.05, 4.69) is 30.4 Å². The highest BCUT2D eigenvalue weighted by atomic mass is 32.1.